The summed E-state index contributed by atoms with van der Waals surface area (Å²) in [6, 6.07) is 14.6. The van der Waals surface area contributed by atoms with Gasteiger partial charge in [0.1, 0.15) is 35.1 Å². The monoisotopic (exact) mass is 828 g/mol. The van der Waals surface area contributed by atoms with Gasteiger partial charge >= 0.3 is 23.9 Å². The molecule has 0 radical (unpaired) electrons. The second-order valence-corrected chi connectivity index (χ2v) is 19.1. The predicted octanol–water partition coefficient (Wildman–Crippen LogP) is 4.91. The number of esters is 3. The third-order valence-electron chi connectivity index (χ3n) is 13.8. The van der Waals surface area contributed by atoms with E-state index in [0.29, 0.717) is 24.0 Å². The number of Topliss-reactive ketones (excluding diaryl/α,β-unsaturated/α-hetero) is 2. The standard InChI is InChI=1S/C46H56N2O12/c1-24(49)19-30-33-25(2)31(58-40(54)35(51)34(27-15-11-9-12-16-27)47-41(55)48-42(4,5)6)22-46(56,43(33,7)8)38(59-39(53)28-17-13-10-14-18-28)36-44(37(30)52)21-29(44)20-32-45(36,23-57-32)60-26(3)50/h9-18,29-30,32-36,38,51,56H,19-23H2,1-8H3,(H2,47,48,55)/t29-,30-,32-,33?,34+,35-,36+,38+,44-,45+,46-/m1/s1. The van der Waals surface area contributed by atoms with Crippen molar-refractivity contribution in [2.24, 2.45) is 34.5 Å². The van der Waals surface area contributed by atoms with E-state index in [1.54, 1.807) is 102 Å². The Labute approximate surface area is 349 Å². The zero-order valence-electron chi connectivity index (χ0n) is 35.4. The van der Waals surface area contributed by atoms with E-state index < -0.39 is 100 Å². The Morgan fingerprint density at radius 1 is 0.983 bits per heavy atom. The largest absolute Gasteiger partial charge is 0.455 e. The number of rotatable bonds is 10. The summed E-state index contributed by atoms with van der Waals surface area (Å²) in [5.41, 5.74) is -5.95. The van der Waals surface area contributed by atoms with Gasteiger partial charge in [-0.3, -0.25) is 9.59 Å². The number of amides is 2. The molecule has 4 aliphatic carbocycles. The van der Waals surface area contributed by atoms with Crippen LogP contribution < -0.4 is 10.6 Å². The predicted molar refractivity (Wildman–Crippen MR) is 215 cm³/mol. The Bertz CT molecular complexity index is 2110. The van der Waals surface area contributed by atoms with Crippen molar-refractivity contribution in [3.05, 3.63) is 83.1 Å². The van der Waals surface area contributed by atoms with Crippen molar-refractivity contribution in [1.82, 2.24) is 10.6 Å². The van der Waals surface area contributed by atoms with Gasteiger partial charge in [-0.05, 0) is 76.6 Å². The molecule has 14 heteroatoms. The summed E-state index contributed by atoms with van der Waals surface area (Å²) >= 11 is 0. The molecule has 0 aromatic heterocycles. The first-order chi connectivity index (χ1) is 28.1. The first-order valence-electron chi connectivity index (χ1n) is 20.6. The summed E-state index contributed by atoms with van der Waals surface area (Å²) in [5, 5.41) is 30.9. The second-order valence-electron chi connectivity index (χ2n) is 19.1. The van der Waals surface area contributed by atoms with Gasteiger partial charge in [0.2, 0.25) is 0 Å². The van der Waals surface area contributed by atoms with Gasteiger partial charge in [0.15, 0.2) is 11.7 Å². The Hall–Kier alpha value is -4.92. The molecule has 4 N–H and O–H groups in total. The SMILES string of the molecule is CC(=O)C[C@H]1C(=O)[C@]23C[C@H]2C[C@H]2OC[C@@]2(OC(C)=O)[C@H]3[C@H](OC(=O)c2ccccc2)[C@]2(O)CC(OC(=O)[C@H](O)[C@@H](NC(=O)NC(C)(C)C)c3ccccc3)=C(C)C1C2(C)C. The lowest BCUT2D eigenvalue weighted by Gasteiger charge is -2.65. The summed E-state index contributed by atoms with van der Waals surface area (Å²) in [6.07, 6.45) is -4.12. The van der Waals surface area contributed by atoms with Gasteiger partial charge in [0, 0.05) is 48.0 Å². The summed E-state index contributed by atoms with van der Waals surface area (Å²) in [6.45, 7) is 13.0. The fourth-order valence-electron chi connectivity index (χ4n) is 11.1. The van der Waals surface area contributed by atoms with Gasteiger partial charge < -0.3 is 44.6 Å². The molecule has 2 bridgehead atoms. The lowest BCUT2D eigenvalue weighted by molar-refractivity contribution is -0.325. The highest BCUT2D eigenvalue weighted by molar-refractivity contribution is 5.95. The average molecular weight is 829 g/mol. The Morgan fingerprint density at radius 3 is 2.18 bits per heavy atom. The number of ketones is 2. The van der Waals surface area contributed by atoms with E-state index in [2.05, 4.69) is 10.6 Å². The smallest absolute Gasteiger partial charge is 0.342 e. The van der Waals surface area contributed by atoms with Gasteiger partial charge in [-0.25, -0.2) is 14.4 Å². The lowest BCUT2D eigenvalue weighted by Crippen LogP contribution is -2.78. The Kier molecular flexibility index (Phi) is 10.9. The summed E-state index contributed by atoms with van der Waals surface area (Å²) in [7, 11) is 0. The highest BCUT2D eigenvalue weighted by atomic mass is 16.6. The highest BCUT2D eigenvalue weighted by Gasteiger charge is 2.84. The van der Waals surface area contributed by atoms with Crippen LogP contribution in [0.15, 0.2) is 72.0 Å². The second kappa shape index (κ2) is 15.2. The van der Waals surface area contributed by atoms with Crippen LogP contribution in [0.25, 0.3) is 0 Å². The quantitative estimate of drug-likeness (QED) is 0.186. The molecule has 14 nitrogen and oxygen atoms in total. The minimum atomic E-state index is -2.16. The maximum absolute atomic E-state index is 15.6. The van der Waals surface area contributed by atoms with Gasteiger partial charge in [-0.15, -0.1) is 0 Å². The molecule has 60 heavy (non-hydrogen) atoms. The number of carbonyl (C=O) groups excluding carboxylic acids is 6. The van der Waals surface area contributed by atoms with E-state index in [9.17, 15) is 34.2 Å². The maximum Gasteiger partial charge on any atom is 0.342 e. The molecular weight excluding hydrogens is 773 g/mol. The number of allylic oxidation sites excluding steroid dienone is 1. The molecule has 4 fully saturated rings. The summed E-state index contributed by atoms with van der Waals surface area (Å²) < 4.78 is 24.8. The number of urea groups is 1. The minimum absolute atomic E-state index is 0.0963. The van der Waals surface area contributed by atoms with Crippen LogP contribution in [0, 0.1) is 34.5 Å². The van der Waals surface area contributed by atoms with Crippen LogP contribution in [0.2, 0.25) is 0 Å². The van der Waals surface area contributed by atoms with Crippen LogP contribution in [0.5, 0.6) is 0 Å². The molecule has 1 heterocycles. The molecule has 1 saturated heterocycles. The topological polar surface area (TPSA) is 204 Å². The summed E-state index contributed by atoms with van der Waals surface area (Å²) in [5.74, 6) is -6.65. The number of aliphatic hydroxyl groups is 2. The molecular formula is C46H56N2O12. The fraction of sp³-hybridized carbons (Fsp3) is 0.565. The molecule has 1 spiro atoms. The third-order valence-corrected chi connectivity index (χ3v) is 13.8. The molecule has 2 amide bonds. The molecule has 2 aromatic rings. The van der Waals surface area contributed by atoms with Crippen molar-refractivity contribution in [3.63, 3.8) is 0 Å². The van der Waals surface area contributed by atoms with Crippen molar-refractivity contribution in [3.8, 4) is 0 Å². The van der Waals surface area contributed by atoms with E-state index in [1.807, 2.05) is 0 Å². The molecule has 2 aromatic carbocycles. The highest BCUT2D eigenvalue weighted by Crippen LogP contribution is 2.75. The van der Waals surface area contributed by atoms with Crippen LogP contribution >= 0.6 is 0 Å². The molecule has 3 saturated carbocycles. The number of ether oxygens (including phenoxy) is 4. The van der Waals surface area contributed by atoms with Crippen molar-refractivity contribution in [2.75, 3.05) is 6.61 Å². The lowest BCUT2D eigenvalue weighted by atomic mass is 9.45. The van der Waals surface area contributed by atoms with Gasteiger partial charge in [-0.2, -0.15) is 0 Å². The van der Waals surface area contributed by atoms with Gasteiger partial charge in [-0.1, -0.05) is 62.4 Å². The fourth-order valence-corrected chi connectivity index (χ4v) is 11.1. The van der Waals surface area contributed by atoms with Crippen LogP contribution in [0.1, 0.15) is 103 Å². The van der Waals surface area contributed by atoms with Crippen molar-refractivity contribution in [2.45, 2.75) is 122 Å². The van der Waals surface area contributed by atoms with Crippen LogP contribution in [0.3, 0.4) is 0 Å². The van der Waals surface area contributed by atoms with Crippen LogP contribution in [-0.2, 0) is 38.1 Å². The van der Waals surface area contributed by atoms with E-state index in [1.165, 1.54) is 13.8 Å². The van der Waals surface area contributed by atoms with Crippen molar-refractivity contribution in [1.29, 1.82) is 0 Å². The van der Waals surface area contributed by atoms with Crippen molar-refractivity contribution < 1.29 is 57.9 Å². The number of benzene rings is 2. The number of hydrogen-bond acceptors (Lipinski definition) is 12. The first kappa shape index (κ1) is 43.2. The number of aliphatic hydroxyl groups excluding tert-OH is 1. The van der Waals surface area contributed by atoms with E-state index in [-0.39, 0.29) is 41.8 Å². The Morgan fingerprint density at radius 2 is 1.62 bits per heavy atom. The molecule has 7 rings (SSSR count). The molecule has 1 unspecified atom stereocenters. The zero-order chi connectivity index (χ0) is 43.7. The number of carbonyl (C=O) groups is 6. The number of fused-ring (bicyclic) bond motifs is 4. The average Bonchev–Trinajstić information content (AvgIpc) is 3.90. The zero-order valence-corrected chi connectivity index (χ0v) is 35.4. The normalized spacial score (nSPS) is 33.4. The molecule has 11 atom stereocenters. The minimum Gasteiger partial charge on any atom is -0.455 e. The molecule has 1 aliphatic heterocycles. The van der Waals surface area contributed by atoms with Gasteiger partial charge in [0.25, 0.3) is 0 Å². The van der Waals surface area contributed by atoms with Gasteiger partial charge in [0.05, 0.1) is 24.1 Å². The third kappa shape index (κ3) is 7.13. The maximum atomic E-state index is 15.6. The molecule has 322 valence electrons. The van der Waals surface area contributed by atoms with E-state index >= 15 is 4.79 Å². The van der Waals surface area contributed by atoms with E-state index in [0.717, 1.165) is 0 Å². The van der Waals surface area contributed by atoms with Crippen LogP contribution in [-0.4, -0.2) is 87.4 Å². The number of hydrogen-bond donors (Lipinski definition) is 4. The van der Waals surface area contributed by atoms with E-state index in [4.69, 9.17) is 18.9 Å². The Balaban J connectivity index is 1.37. The van der Waals surface area contributed by atoms with Crippen LogP contribution in [0.4, 0.5) is 4.79 Å². The molecule has 5 aliphatic rings. The first-order valence-corrected chi connectivity index (χ1v) is 20.6. The summed E-state index contributed by atoms with van der Waals surface area (Å²) in [4.78, 5) is 83.4. The number of nitrogens with one attached hydrogen (secondary N) is 2. The van der Waals surface area contributed by atoms with Crippen molar-refractivity contribution >= 4 is 35.5 Å².